The molecule has 0 aliphatic carbocycles. The van der Waals surface area contributed by atoms with E-state index < -0.39 is 41.5 Å². The van der Waals surface area contributed by atoms with E-state index in [0.29, 0.717) is 11.8 Å². The number of alkyl halides is 3. The summed E-state index contributed by atoms with van der Waals surface area (Å²) in [4.78, 5) is 38.1. The number of hydrogen-bond donors (Lipinski definition) is 3. The number of Topliss-reactive ketones (excluding diaryl/α,β-unsaturated/α-hetero) is 1. The second-order valence-electron chi connectivity index (χ2n) is 10.4. The Labute approximate surface area is 229 Å². The van der Waals surface area contributed by atoms with Crippen LogP contribution in [0.5, 0.6) is 0 Å². The van der Waals surface area contributed by atoms with Gasteiger partial charge in [-0.25, -0.2) is 9.48 Å². The van der Waals surface area contributed by atoms with Gasteiger partial charge < -0.3 is 15.4 Å². The van der Waals surface area contributed by atoms with Crippen molar-refractivity contribution < 1.29 is 32.3 Å². The van der Waals surface area contributed by atoms with E-state index in [4.69, 9.17) is 4.74 Å². The van der Waals surface area contributed by atoms with Crippen molar-refractivity contribution >= 4 is 34.8 Å². The van der Waals surface area contributed by atoms with E-state index in [1.54, 1.807) is 39.1 Å². The third-order valence-electron chi connectivity index (χ3n) is 5.25. The molecule has 0 radical (unpaired) electrons. The average Bonchev–Trinajstić information content (AvgIpc) is 3.37. The molecule has 0 atom stereocenters. The molecule has 2 amide bonds. The molecule has 0 aliphatic rings. The SMILES string of the molecule is CC(C)CNc1cc(NC(=O)OC(C)(C)C)c(NC(=O)CC(=O)c2cccc(-n3ccnn3)c2)cc1C(F)(F)F. The molecule has 3 N–H and O–H groups in total. The van der Waals surface area contributed by atoms with Gasteiger partial charge in [-0.05, 0) is 51.0 Å². The number of ketones is 1. The van der Waals surface area contributed by atoms with Crippen molar-refractivity contribution in [3.63, 3.8) is 0 Å². The molecule has 10 nitrogen and oxygen atoms in total. The molecule has 40 heavy (non-hydrogen) atoms. The first-order chi connectivity index (χ1) is 18.6. The number of carbonyl (C=O) groups excluding carboxylic acids is 3. The molecule has 3 aromatic rings. The maximum Gasteiger partial charge on any atom is 0.418 e. The molecule has 214 valence electrons. The summed E-state index contributed by atoms with van der Waals surface area (Å²) >= 11 is 0. The van der Waals surface area contributed by atoms with E-state index in [2.05, 4.69) is 26.3 Å². The van der Waals surface area contributed by atoms with Gasteiger partial charge >= 0.3 is 12.3 Å². The highest BCUT2D eigenvalue weighted by Gasteiger charge is 2.35. The van der Waals surface area contributed by atoms with Crippen molar-refractivity contribution in [2.24, 2.45) is 5.92 Å². The number of anilines is 3. The average molecular weight is 561 g/mol. The molecule has 2 aromatic carbocycles. The predicted molar refractivity (Wildman–Crippen MR) is 144 cm³/mol. The van der Waals surface area contributed by atoms with Gasteiger partial charge in [-0.1, -0.05) is 31.2 Å². The molecule has 0 saturated carbocycles. The lowest BCUT2D eigenvalue weighted by molar-refractivity contribution is -0.137. The van der Waals surface area contributed by atoms with Gasteiger partial charge in [0, 0.05) is 17.8 Å². The molecule has 1 heterocycles. The van der Waals surface area contributed by atoms with E-state index in [9.17, 15) is 27.6 Å². The largest absolute Gasteiger partial charge is 0.444 e. The van der Waals surface area contributed by atoms with Gasteiger partial charge in [0.2, 0.25) is 5.91 Å². The highest BCUT2D eigenvalue weighted by atomic mass is 19.4. The van der Waals surface area contributed by atoms with Crippen LogP contribution in [0.3, 0.4) is 0 Å². The van der Waals surface area contributed by atoms with Gasteiger partial charge in [-0.2, -0.15) is 13.2 Å². The zero-order valence-electron chi connectivity index (χ0n) is 22.7. The van der Waals surface area contributed by atoms with Crippen LogP contribution in [-0.4, -0.2) is 44.9 Å². The first-order valence-electron chi connectivity index (χ1n) is 12.4. The Bertz CT molecular complexity index is 1370. The van der Waals surface area contributed by atoms with Crippen LogP contribution in [0, 0.1) is 5.92 Å². The summed E-state index contributed by atoms with van der Waals surface area (Å²) in [5, 5.41) is 15.0. The Morgan fingerprint density at radius 1 is 1.00 bits per heavy atom. The number of nitrogens with one attached hydrogen (secondary N) is 3. The normalized spacial score (nSPS) is 11.7. The molecule has 0 aliphatic heterocycles. The van der Waals surface area contributed by atoms with E-state index >= 15 is 0 Å². The monoisotopic (exact) mass is 560 g/mol. The highest BCUT2D eigenvalue weighted by Crippen LogP contribution is 2.40. The van der Waals surface area contributed by atoms with E-state index in [1.165, 1.54) is 23.0 Å². The molecule has 0 bridgehead atoms. The lowest BCUT2D eigenvalue weighted by Gasteiger charge is -2.23. The van der Waals surface area contributed by atoms with Gasteiger partial charge in [-0.3, -0.25) is 14.9 Å². The topological polar surface area (TPSA) is 127 Å². The van der Waals surface area contributed by atoms with Crippen LogP contribution >= 0.6 is 0 Å². The molecule has 0 fully saturated rings. The Balaban J connectivity index is 1.90. The molecule has 13 heteroatoms. The predicted octanol–water partition coefficient (Wildman–Crippen LogP) is 5.91. The van der Waals surface area contributed by atoms with Crippen LogP contribution < -0.4 is 16.0 Å². The molecule has 3 rings (SSSR count). The van der Waals surface area contributed by atoms with Crippen LogP contribution in [0.25, 0.3) is 5.69 Å². The summed E-state index contributed by atoms with van der Waals surface area (Å²) in [5.74, 6) is -1.43. The van der Waals surface area contributed by atoms with E-state index in [-0.39, 0.29) is 35.1 Å². The third-order valence-corrected chi connectivity index (χ3v) is 5.25. The molecule has 0 spiro atoms. The van der Waals surface area contributed by atoms with Crippen molar-refractivity contribution in [2.75, 3.05) is 22.5 Å². The zero-order chi connectivity index (χ0) is 29.7. The quantitative estimate of drug-likeness (QED) is 0.219. The molecule has 0 unspecified atom stereocenters. The Hall–Kier alpha value is -4.42. The molecular formula is C27H31F3N6O4. The Morgan fingerprint density at radius 3 is 2.30 bits per heavy atom. The van der Waals surface area contributed by atoms with Gasteiger partial charge in [0.1, 0.15) is 5.60 Å². The number of benzene rings is 2. The maximum atomic E-state index is 14.0. The van der Waals surface area contributed by atoms with Crippen LogP contribution in [0.15, 0.2) is 48.8 Å². The second kappa shape index (κ2) is 12.2. The number of halogens is 3. The van der Waals surface area contributed by atoms with Crippen molar-refractivity contribution in [3.05, 3.63) is 59.9 Å². The zero-order valence-corrected chi connectivity index (χ0v) is 22.7. The summed E-state index contributed by atoms with van der Waals surface area (Å²) in [6.45, 7) is 8.76. The van der Waals surface area contributed by atoms with Crippen molar-refractivity contribution in [1.29, 1.82) is 0 Å². The minimum Gasteiger partial charge on any atom is -0.444 e. The second-order valence-corrected chi connectivity index (χ2v) is 10.4. The van der Waals surface area contributed by atoms with Crippen LogP contribution in [0.1, 0.15) is 57.0 Å². The summed E-state index contributed by atoms with van der Waals surface area (Å²) in [5.41, 5.74) is -1.97. The number of aromatic nitrogens is 3. The highest BCUT2D eigenvalue weighted by molar-refractivity contribution is 6.12. The van der Waals surface area contributed by atoms with Gasteiger partial charge in [-0.15, -0.1) is 5.10 Å². The first kappa shape index (κ1) is 30.1. The molecule has 0 saturated heterocycles. The van der Waals surface area contributed by atoms with Crippen molar-refractivity contribution in [3.8, 4) is 5.69 Å². The fourth-order valence-electron chi connectivity index (χ4n) is 3.53. The summed E-state index contributed by atoms with van der Waals surface area (Å²) in [6.07, 6.45) is -3.34. The fraction of sp³-hybridized carbons (Fsp3) is 0.370. The number of nitrogens with zero attached hydrogens (tertiary/aromatic N) is 3. The van der Waals surface area contributed by atoms with Crippen molar-refractivity contribution in [1.82, 2.24) is 15.0 Å². The fourth-order valence-corrected chi connectivity index (χ4v) is 3.53. The number of rotatable bonds is 9. The van der Waals surface area contributed by atoms with Gasteiger partial charge in [0.15, 0.2) is 5.78 Å². The minimum absolute atomic E-state index is 0.0248. The Morgan fingerprint density at radius 2 is 1.70 bits per heavy atom. The lowest BCUT2D eigenvalue weighted by Crippen LogP contribution is -2.28. The number of ether oxygens (including phenoxy) is 1. The lowest BCUT2D eigenvalue weighted by atomic mass is 10.1. The van der Waals surface area contributed by atoms with Crippen molar-refractivity contribution in [2.45, 2.75) is 52.8 Å². The first-order valence-corrected chi connectivity index (χ1v) is 12.4. The standard InChI is InChI=1S/C27H31F3N6O4/c1-16(2)15-31-20-13-22(34-25(39)40-26(3,4)5)21(12-19(20)27(28,29)30)33-24(38)14-23(37)17-7-6-8-18(11-17)36-10-9-32-35-36/h6-13,16,31H,14-15H2,1-5H3,(H,33,38)(H,34,39). The smallest absolute Gasteiger partial charge is 0.418 e. The Kier molecular flexibility index (Phi) is 9.17. The number of hydrogen-bond acceptors (Lipinski definition) is 7. The van der Waals surface area contributed by atoms with E-state index in [0.717, 1.165) is 6.07 Å². The van der Waals surface area contributed by atoms with Crippen LogP contribution in [0.2, 0.25) is 0 Å². The van der Waals surface area contributed by atoms with Gasteiger partial charge in [0.25, 0.3) is 0 Å². The summed E-state index contributed by atoms with van der Waals surface area (Å²) < 4.78 is 48.5. The van der Waals surface area contributed by atoms with Gasteiger partial charge in [0.05, 0.1) is 41.4 Å². The molecular weight excluding hydrogens is 529 g/mol. The minimum atomic E-state index is -4.78. The number of carbonyl (C=O) groups is 3. The third kappa shape index (κ3) is 8.55. The maximum absolute atomic E-state index is 14.0. The summed E-state index contributed by atoms with van der Waals surface area (Å²) in [6, 6.07) is 8.09. The van der Waals surface area contributed by atoms with E-state index in [1.807, 2.05) is 13.8 Å². The number of amides is 2. The van der Waals surface area contributed by atoms with Crippen LogP contribution in [-0.2, 0) is 15.7 Å². The molecule has 1 aromatic heterocycles. The van der Waals surface area contributed by atoms with Crippen LogP contribution in [0.4, 0.5) is 35.0 Å². The summed E-state index contributed by atoms with van der Waals surface area (Å²) in [7, 11) is 0.